The number of benzene rings is 2. The van der Waals surface area contributed by atoms with Gasteiger partial charge in [-0.25, -0.2) is 5.10 Å². The summed E-state index contributed by atoms with van der Waals surface area (Å²) in [6.45, 7) is 2.77. The van der Waals surface area contributed by atoms with Gasteiger partial charge in [-0.1, -0.05) is 69.4 Å². The summed E-state index contributed by atoms with van der Waals surface area (Å²) in [6, 6.07) is 16.9. The zero-order valence-electron chi connectivity index (χ0n) is 25.4. The molecule has 0 radical (unpaired) electrons. The summed E-state index contributed by atoms with van der Waals surface area (Å²) in [5, 5.41) is 39.3. The molecule has 0 fully saturated rings. The van der Waals surface area contributed by atoms with E-state index >= 15 is 0 Å². The second-order valence-corrected chi connectivity index (χ2v) is 9.05. The first-order chi connectivity index (χ1) is 23.2. The molecule has 5 aromatic heterocycles. The van der Waals surface area contributed by atoms with Crippen molar-refractivity contribution in [3.8, 4) is 5.88 Å². The second-order valence-electron chi connectivity index (χ2n) is 9.05. The molecule has 18 nitrogen and oxygen atoms in total. The fourth-order valence-corrected chi connectivity index (χ4v) is 3.81. The van der Waals surface area contributed by atoms with Gasteiger partial charge in [0.2, 0.25) is 5.88 Å². The monoisotopic (exact) mass is 641 g/mol. The Labute approximate surface area is 268 Å². The highest BCUT2D eigenvalue weighted by Gasteiger charge is 2.25. The van der Waals surface area contributed by atoms with E-state index in [0.29, 0.717) is 36.2 Å². The number of para-hydroxylation sites is 1. The van der Waals surface area contributed by atoms with Crippen molar-refractivity contribution < 1.29 is 14.2 Å². The molecule has 0 aliphatic rings. The van der Waals surface area contributed by atoms with Gasteiger partial charge in [-0.05, 0) is 18.6 Å². The lowest BCUT2D eigenvalue weighted by Gasteiger charge is -2.18. The number of aromatic amines is 5. The largest absolute Gasteiger partial charge is 0.486 e. The number of nitrogens with two attached hydrogens (primary N) is 2. The van der Waals surface area contributed by atoms with E-state index in [1.807, 2.05) is 67.7 Å². The van der Waals surface area contributed by atoms with Crippen LogP contribution in [0, 0.1) is 0 Å². The molecule has 0 bridgehead atoms. The number of aromatic nitrogens is 13. The molecule has 47 heavy (non-hydrogen) atoms. The first-order valence-corrected chi connectivity index (χ1v) is 14.2. The Hall–Kier alpha value is -6.40. The molecule has 1 atom stereocenters. The average Bonchev–Trinajstić information content (AvgIpc) is 3.97. The normalized spacial score (nSPS) is 11.4. The highest BCUT2D eigenvalue weighted by Crippen LogP contribution is 2.32. The van der Waals surface area contributed by atoms with Gasteiger partial charge >= 0.3 is 0 Å². The minimum Gasteiger partial charge on any atom is -0.486 e. The summed E-state index contributed by atoms with van der Waals surface area (Å²) >= 11 is 0. The predicted octanol–water partition coefficient (Wildman–Crippen LogP) is 2.62. The summed E-state index contributed by atoms with van der Waals surface area (Å²) in [5.41, 5.74) is 16.5. The molecule has 18 heteroatoms. The van der Waals surface area contributed by atoms with E-state index in [9.17, 15) is 0 Å². The molecule has 0 spiro atoms. The van der Waals surface area contributed by atoms with Crippen molar-refractivity contribution >= 4 is 16.7 Å². The molecule has 7 aromatic rings. The average molecular weight is 642 g/mol. The van der Waals surface area contributed by atoms with Crippen molar-refractivity contribution in [2.24, 2.45) is 11.5 Å². The summed E-state index contributed by atoms with van der Waals surface area (Å²) in [4.78, 5) is 3.26. The van der Waals surface area contributed by atoms with Crippen LogP contribution in [0.1, 0.15) is 29.8 Å². The number of fused-ring (bicyclic) bond motifs is 1. The fourth-order valence-electron chi connectivity index (χ4n) is 3.81. The van der Waals surface area contributed by atoms with Crippen molar-refractivity contribution in [2.45, 2.75) is 19.6 Å². The molecule has 9 N–H and O–H groups in total. The van der Waals surface area contributed by atoms with E-state index < -0.39 is 6.04 Å². The van der Waals surface area contributed by atoms with Crippen molar-refractivity contribution in [3.05, 3.63) is 120 Å². The molecule has 0 saturated heterocycles. The van der Waals surface area contributed by atoms with E-state index in [1.54, 1.807) is 37.2 Å². The van der Waals surface area contributed by atoms with E-state index in [-0.39, 0.29) is 6.79 Å². The van der Waals surface area contributed by atoms with Gasteiger partial charge in [0.05, 0.1) is 30.3 Å². The number of hydrogen-bond donors (Lipinski definition) is 7. The van der Waals surface area contributed by atoms with Gasteiger partial charge < -0.3 is 30.7 Å². The number of rotatable bonds is 10. The van der Waals surface area contributed by atoms with Crippen LogP contribution in [-0.4, -0.2) is 80.0 Å². The Kier molecular flexibility index (Phi) is 13.6. The summed E-state index contributed by atoms with van der Waals surface area (Å²) in [6.07, 6.45) is 11.6. The smallest absolute Gasteiger partial charge is 0.237 e. The molecular weight excluding hydrogens is 606 g/mol. The van der Waals surface area contributed by atoms with E-state index in [1.165, 1.54) is 0 Å². The summed E-state index contributed by atoms with van der Waals surface area (Å²) < 4.78 is 17.0. The Morgan fingerprint density at radius 1 is 0.830 bits per heavy atom. The van der Waals surface area contributed by atoms with Crippen molar-refractivity contribution in [3.63, 3.8) is 0 Å². The first kappa shape index (κ1) is 33.5. The molecule has 2 aromatic carbocycles. The van der Waals surface area contributed by atoms with Crippen LogP contribution in [0.25, 0.3) is 16.7 Å². The molecule has 7 rings (SSSR count). The van der Waals surface area contributed by atoms with Crippen LogP contribution >= 0.6 is 0 Å². The fraction of sp³-hybridized carbons (Fsp3) is 0.172. The van der Waals surface area contributed by atoms with Crippen LogP contribution in [0.3, 0.4) is 0 Å². The van der Waals surface area contributed by atoms with Gasteiger partial charge in [-0.3, -0.25) is 15.3 Å². The Bertz CT molecular complexity index is 1670. The number of hydrogen-bond acceptors (Lipinski definition) is 13. The lowest BCUT2D eigenvalue weighted by atomic mass is 10.1. The molecule has 1 unspecified atom stereocenters. The molecule has 0 saturated carbocycles. The van der Waals surface area contributed by atoms with E-state index in [0.717, 1.165) is 22.0 Å². The molecule has 0 aliphatic carbocycles. The Balaban J connectivity index is 0.000000269. The first-order valence-electron chi connectivity index (χ1n) is 14.2. The number of nitrogens with one attached hydrogen (secondary N) is 5. The molecule has 244 valence electrons. The minimum atomic E-state index is -0.815. The van der Waals surface area contributed by atoms with Crippen LogP contribution in [-0.2, 0) is 16.1 Å². The summed E-state index contributed by atoms with van der Waals surface area (Å²) in [7, 11) is 0. The van der Waals surface area contributed by atoms with E-state index in [2.05, 4.69) is 66.6 Å². The van der Waals surface area contributed by atoms with Crippen LogP contribution in [0.4, 0.5) is 0 Å². The van der Waals surface area contributed by atoms with Crippen LogP contribution in [0.5, 0.6) is 5.88 Å². The lowest BCUT2D eigenvalue weighted by molar-refractivity contribution is 0.0189. The van der Waals surface area contributed by atoms with E-state index in [4.69, 9.17) is 25.7 Å². The lowest BCUT2D eigenvalue weighted by Crippen LogP contribution is -2.22. The zero-order chi connectivity index (χ0) is 32.9. The number of nitrogens with zero attached hydrogens (tertiary/aromatic N) is 8. The van der Waals surface area contributed by atoms with Gasteiger partial charge in [0.1, 0.15) is 18.1 Å². The molecule has 0 aliphatic heterocycles. The molecular formula is C29H35N15O3. The highest BCUT2D eigenvalue weighted by atomic mass is 16.7. The van der Waals surface area contributed by atoms with Crippen molar-refractivity contribution in [1.29, 1.82) is 0 Å². The van der Waals surface area contributed by atoms with Gasteiger partial charge in [-0.2, -0.15) is 0 Å². The minimum absolute atomic E-state index is 0.0452. The Morgan fingerprint density at radius 2 is 1.47 bits per heavy atom. The van der Waals surface area contributed by atoms with Crippen molar-refractivity contribution in [2.75, 3.05) is 13.4 Å². The van der Waals surface area contributed by atoms with Gasteiger partial charge in [-0.15, -0.1) is 20.4 Å². The van der Waals surface area contributed by atoms with Crippen LogP contribution in [0.15, 0.2) is 104 Å². The predicted molar refractivity (Wildman–Crippen MR) is 170 cm³/mol. The van der Waals surface area contributed by atoms with Gasteiger partial charge in [0.15, 0.2) is 6.79 Å². The summed E-state index contributed by atoms with van der Waals surface area (Å²) in [5.74, 6) is 0.771. The standard InChI is InChI=1S/C23H26N6O3.3C2H3N3/c1-2-30-14-32-23-21(27-29-28-23)19(24)20(25)22(31-13-15-8-4-3-5-9-15)17-12-26-18-11-7-6-10-16(17)18;3*1-2-4-5-3-1/h3-12,19,26H,2,13-14,24-25H2,1H3,(H,27,28,29);3*1-2H,(H,3,4,5). The molecule has 5 heterocycles. The van der Waals surface area contributed by atoms with Gasteiger partial charge in [0, 0.05) is 47.9 Å². The number of ether oxygens (including phenoxy) is 3. The maximum Gasteiger partial charge on any atom is 0.237 e. The Morgan fingerprint density at radius 3 is 2.04 bits per heavy atom. The second kappa shape index (κ2) is 19.1. The maximum atomic E-state index is 6.57. The quantitative estimate of drug-likeness (QED) is 0.0644. The topological polar surface area (TPSA) is 262 Å². The molecule has 0 amide bonds. The SMILES string of the molecule is CCOCOc1[nH]nnc1C(N)C(N)=C(OCc1ccccc1)c1c[nH]c2ccccc12.c1c[nH]nn1.c1c[nH]nn1.c1c[nH]nn1. The van der Waals surface area contributed by atoms with Crippen LogP contribution in [0.2, 0.25) is 0 Å². The third-order valence-corrected chi connectivity index (χ3v) is 5.98. The third-order valence-electron chi connectivity index (χ3n) is 5.98. The highest BCUT2D eigenvalue weighted by molar-refractivity contribution is 5.91. The van der Waals surface area contributed by atoms with Crippen LogP contribution < -0.4 is 16.2 Å². The number of H-pyrrole nitrogens is 5. The zero-order valence-corrected chi connectivity index (χ0v) is 25.4. The van der Waals surface area contributed by atoms with Crippen molar-refractivity contribution in [1.82, 2.24) is 66.6 Å². The maximum absolute atomic E-state index is 6.57. The third kappa shape index (κ3) is 10.6. The van der Waals surface area contributed by atoms with Gasteiger partial charge in [0.25, 0.3) is 0 Å².